The summed E-state index contributed by atoms with van der Waals surface area (Å²) in [5.41, 5.74) is 2.95. The van der Waals surface area contributed by atoms with Crippen LogP contribution in [-0.4, -0.2) is 21.1 Å². The monoisotopic (exact) mass is 352 g/mol. The first-order valence-electron chi connectivity index (χ1n) is 6.52. The molecule has 2 heterocycles. The van der Waals surface area contributed by atoms with Crippen molar-refractivity contribution < 1.29 is 9.59 Å². The third-order valence-corrected chi connectivity index (χ3v) is 3.25. The molecule has 3 rings (SSSR count). The van der Waals surface area contributed by atoms with Gasteiger partial charge >= 0.3 is 6.15 Å². The molecule has 0 fully saturated rings. The number of aryl methyl sites for hydroxylation is 1. The molecule has 23 heavy (non-hydrogen) atoms. The number of carbonyl (C=O) groups excluding carboxylic acids is 2. The van der Waals surface area contributed by atoms with E-state index in [1.807, 2.05) is 30.5 Å². The van der Waals surface area contributed by atoms with Crippen LogP contribution in [0.3, 0.4) is 0 Å². The van der Waals surface area contributed by atoms with E-state index >= 15 is 0 Å². The molecule has 0 spiro atoms. The molecule has 0 aliphatic rings. The molecule has 2 N–H and O–H groups in total. The van der Waals surface area contributed by atoms with E-state index in [-0.39, 0.29) is 18.6 Å². The Balaban J connectivity index is 0.000000615. The molecule has 0 aliphatic carbocycles. The minimum Gasteiger partial charge on any atom is -0.346 e. The van der Waals surface area contributed by atoms with Crippen LogP contribution in [0.25, 0.3) is 11.0 Å². The average Bonchev–Trinajstić information content (AvgIpc) is 2.92. The zero-order chi connectivity index (χ0) is 15.9. The summed E-state index contributed by atoms with van der Waals surface area (Å²) < 4.78 is 0. The fourth-order valence-corrected chi connectivity index (χ4v) is 2.29. The highest BCUT2D eigenvalue weighted by Gasteiger charge is 2.10. The number of aromatic nitrogens is 3. The van der Waals surface area contributed by atoms with E-state index in [2.05, 4.69) is 27.2 Å². The normalized spacial score (nSPS) is 9.30. The average molecular weight is 353 g/mol. The van der Waals surface area contributed by atoms with Crippen LogP contribution in [0, 0.1) is 0 Å². The van der Waals surface area contributed by atoms with Crippen LogP contribution in [0.2, 0.25) is 5.02 Å². The maximum Gasteiger partial charge on any atom is 0.373 e. The topological polar surface area (TPSA) is 87.7 Å². The molecule has 0 radical (unpaired) electrons. The van der Waals surface area contributed by atoms with Crippen molar-refractivity contribution in [2.45, 2.75) is 13.3 Å². The van der Waals surface area contributed by atoms with Crippen molar-refractivity contribution in [1.29, 1.82) is 0 Å². The van der Waals surface area contributed by atoms with Gasteiger partial charge in [0.05, 0.1) is 5.39 Å². The number of rotatable bonds is 3. The second kappa shape index (κ2) is 8.90. The maximum atomic E-state index is 8.12. The molecule has 2 aromatic heterocycles. The zero-order valence-corrected chi connectivity index (χ0v) is 13.7. The second-order valence-electron chi connectivity index (χ2n) is 4.33. The molecule has 0 saturated heterocycles. The van der Waals surface area contributed by atoms with E-state index < -0.39 is 0 Å². The maximum absolute atomic E-state index is 8.12. The zero-order valence-electron chi connectivity index (χ0n) is 12.2. The fourth-order valence-electron chi connectivity index (χ4n) is 2.10. The van der Waals surface area contributed by atoms with Gasteiger partial charge < -0.3 is 10.3 Å². The number of anilines is 2. The van der Waals surface area contributed by atoms with E-state index in [9.17, 15) is 0 Å². The van der Waals surface area contributed by atoms with Crippen molar-refractivity contribution in [2.75, 3.05) is 5.32 Å². The largest absolute Gasteiger partial charge is 0.373 e. The highest BCUT2D eigenvalue weighted by atomic mass is 35.5. The molecule has 8 heteroatoms. The number of fused-ring (bicyclic) bond motifs is 1. The Kier molecular flexibility index (Phi) is 7.22. The smallest absolute Gasteiger partial charge is 0.346 e. The van der Waals surface area contributed by atoms with Gasteiger partial charge in [-0.1, -0.05) is 24.6 Å². The summed E-state index contributed by atoms with van der Waals surface area (Å²) in [6, 6.07) is 7.57. The SMILES string of the molecule is CCc1c[nH]c2ncnc(Nc3cccc(Cl)c3)c12.Cl.O=C=O. The molecule has 6 nitrogen and oxygen atoms in total. The summed E-state index contributed by atoms with van der Waals surface area (Å²) in [5, 5.41) is 5.02. The fraction of sp³-hybridized carbons (Fsp3) is 0.133. The van der Waals surface area contributed by atoms with Crippen LogP contribution in [-0.2, 0) is 16.0 Å². The number of nitrogens with one attached hydrogen (secondary N) is 2. The van der Waals surface area contributed by atoms with Crippen LogP contribution >= 0.6 is 24.0 Å². The molecular formula is C15H14Cl2N4O2. The lowest BCUT2D eigenvalue weighted by atomic mass is 10.2. The number of halogens is 2. The predicted molar refractivity (Wildman–Crippen MR) is 90.3 cm³/mol. The summed E-state index contributed by atoms with van der Waals surface area (Å²) in [5.74, 6) is 0.797. The Morgan fingerprint density at radius 2 is 2.04 bits per heavy atom. The van der Waals surface area contributed by atoms with E-state index in [4.69, 9.17) is 21.2 Å². The summed E-state index contributed by atoms with van der Waals surface area (Å²) >= 11 is 5.99. The summed E-state index contributed by atoms with van der Waals surface area (Å²) in [7, 11) is 0. The molecule has 0 unspecified atom stereocenters. The second-order valence-corrected chi connectivity index (χ2v) is 4.77. The van der Waals surface area contributed by atoms with E-state index in [0.29, 0.717) is 5.02 Å². The van der Waals surface area contributed by atoms with Crippen LogP contribution in [0.5, 0.6) is 0 Å². The molecule has 0 saturated carbocycles. The number of hydrogen-bond donors (Lipinski definition) is 2. The first-order valence-corrected chi connectivity index (χ1v) is 6.90. The number of nitrogens with zero attached hydrogens (tertiary/aromatic N) is 2. The lowest BCUT2D eigenvalue weighted by Crippen LogP contribution is -1.96. The van der Waals surface area contributed by atoms with Gasteiger partial charge in [0.2, 0.25) is 0 Å². The van der Waals surface area contributed by atoms with Gasteiger partial charge in [-0.15, -0.1) is 12.4 Å². The van der Waals surface area contributed by atoms with Gasteiger partial charge in [-0.2, -0.15) is 9.59 Å². The third-order valence-electron chi connectivity index (χ3n) is 3.02. The number of aromatic amines is 1. The van der Waals surface area contributed by atoms with Crippen molar-refractivity contribution in [3.63, 3.8) is 0 Å². The van der Waals surface area contributed by atoms with Crippen molar-refractivity contribution in [2.24, 2.45) is 0 Å². The molecule has 1 aromatic carbocycles. The van der Waals surface area contributed by atoms with Gasteiger partial charge in [-0.05, 0) is 30.2 Å². The van der Waals surface area contributed by atoms with Gasteiger partial charge in [0.15, 0.2) is 0 Å². The van der Waals surface area contributed by atoms with Gasteiger partial charge in [0.25, 0.3) is 0 Å². The highest BCUT2D eigenvalue weighted by molar-refractivity contribution is 6.30. The van der Waals surface area contributed by atoms with Crippen LogP contribution in [0.15, 0.2) is 36.8 Å². The Bertz CT molecular complexity index is 814. The van der Waals surface area contributed by atoms with Gasteiger partial charge in [-0.25, -0.2) is 9.97 Å². The third kappa shape index (κ3) is 4.53. The highest BCUT2D eigenvalue weighted by Crippen LogP contribution is 2.27. The Morgan fingerprint density at radius 3 is 2.70 bits per heavy atom. The van der Waals surface area contributed by atoms with E-state index in [0.717, 1.165) is 29.0 Å². The lowest BCUT2D eigenvalue weighted by Gasteiger charge is -2.07. The van der Waals surface area contributed by atoms with Gasteiger partial charge in [0.1, 0.15) is 17.8 Å². The summed E-state index contributed by atoms with van der Waals surface area (Å²) in [6.45, 7) is 2.11. The van der Waals surface area contributed by atoms with Crippen molar-refractivity contribution >= 4 is 52.7 Å². The van der Waals surface area contributed by atoms with Crippen molar-refractivity contribution in [1.82, 2.24) is 15.0 Å². The van der Waals surface area contributed by atoms with Crippen LogP contribution in [0.4, 0.5) is 11.5 Å². The number of benzene rings is 1. The molecule has 3 aromatic rings. The molecule has 0 bridgehead atoms. The number of H-pyrrole nitrogens is 1. The quantitative estimate of drug-likeness (QED) is 0.749. The Hall–Kier alpha value is -2.40. The first-order chi connectivity index (χ1) is 10.7. The predicted octanol–water partition coefficient (Wildman–Crippen LogP) is 3.76. The van der Waals surface area contributed by atoms with Gasteiger partial charge in [0, 0.05) is 16.9 Å². The van der Waals surface area contributed by atoms with E-state index in [1.165, 1.54) is 5.56 Å². The number of hydrogen-bond acceptors (Lipinski definition) is 5. The van der Waals surface area contributed by atoms with Crippen LogP contribution in [0.1, 0.15) is 12.5 Å². The molecule has 0 atom stereocenters. The summed E-state index contributed by atoms with van der Waals surface area (Å²) in [4.78, 5) is 28.0. The Labute approximate surface area is 143 Å². The molecule has 0 aliphatic heterocycles. The first kappa shape index (κ1) is 18.6. The summed E-state index contributed by atoms with van der Waals surface area (Å²) in [6.07, 6.45) is 4.70. The standard InChI is InChI=1S/C14H13ClN4.CO2.ClH/c1-2-9-7-16-13-12(9)14(18-8-17-13)19-11-5-3-4-10(15)6-11;2-1-3;/h3-8H,2H2,1H3,(H2,16,17,18,19);;1H. The van der Waals surface area contributed by atoms with Crippen LogP contribution < -0.4 is 5.32 Å². The van der Waals surface area contributed by atoms with Gasteiger partial charge in [-0.3, -0.25) is 0 Å². The van der Waals surface area contributed by atoms with Crippen molar-refractivity contribution in [3.8, 4) is 0 Å². The molecule has 0 amide bonds. The molecule has 120 valence electrons. The minimum atomic E-state index is 0. The lowest BCUT2D eigenvalue weighted by molar-refractivity contribution is -0.191. The minimum absolute atomic E-state index is 0. The van der Waals surface area contributed by atoms with E-state index in [1.54, 1.807) is 6.33 Å². The van der Waals surface area contributed by atoms with Crippen molar-refractivity contribution in [3.05, 3.63) is 47.4 Å². The Morgan fingerprint density at radius 1 is 1.30 bits per heavy atom. The molecular weight excluding hydrogens is 339 g/mol.